The maximum atomic E-state index is 13.4. The van der Waals surface area contributed by atoms with E-state index < -0.39 is 72.1 Å². The van der Waals surface area contributed by atoms with Crippen molar-refractivity contribution in [3.05, 3.63) is 0 Å². The monoisotopic (exact) mass is 609 g/mol. The van der Waals surface area contributed by atoms with Crippen LogP contribution in [0.25, 0.3) is 0 Å². The number of carboxylic acids is 1. The Bertz CT molecular complexity index is 1050. The van der Waals surface area contributed by atoms with Crippen LogP contribution in [0.3, 0.4) is 0 Å². The van der Waals surface area contributed by atoms with Gasteiger partial charge in [0.15, 0.2) is 0 Å². The molecule has 0 spiro atoms. The summed E-state index contributed by atoms with van der Waals surface area (Å²) >= 11 is 0. The fourth-order valence-corrected chi connectivity index (χ4v) is 5.15. The average Bonchev–Trinajstić information content (AvgIpc) is 3.46. The van der Waals surface area contributed by atoms with Gasteiger partial charge in [-0.15, -0.1) is 0 Å². The second-order valence-electron chi connectivity index (χ2n) is 12.0. The van der Waals surface area contributed by atoms with E-state index in [-0.39, 0.29) is 38.0 Å². The molecule has 242 valence electrons. The second-order valence-corrected chi connectivity index (χ2v) is 12.0. The predicted octanol–water partition coefficient (Wildman–Crippen LogP) is 0.678. The number of hydrogen-bond donors (Lipinski definition) is 4. The smallest absolute Gasteiger partial charge is 0.407 e. The van der Waals surface area contributed by atoms with E-state index in [0.717, 1.165) is 0 Å². The van der Waals surface area contributed by atoms with E-state index in [2.05, 4.69) is 16.0 Å². The van der Waals surface area contributed by atoms with E-state index in [0.29, 0.717) is 38.6 Å². The molecule has 2 rings (SSSR count). The van der Waals surface area contributed by atoms with Gasteiger partial charge in [0.2, 0.25) is 23.5 Å². The van der Waals surface area contributed by atoms with Crippen molar-refractivity contribution in [2.45, 2.75) is 91.3 Å². The number of likely N-dealkylation sites (tertiary alicyclic amines) is 2. The molecule has 2 saturated heterocycles. The summed E-state index contributed by atoms with van der Waals surface area (Å²) in [6, 6.07) is -2.97. The van der Waals surface area contributed by atoms with Gasteiger partial charge in [-0.3, -0.25) is 28.8 Å². The molecule has 5 amide bonds. The average molecular weight is 610 g/mol. The number of piperidine rings is 1. The molecule has 0 aromatic rings. The number of nitrogens with zero attached hydrogens (tertiary/aromatic N) is 2. The molecule has 43 heavy (non-hydrogen) atoms. The molecule has 0 aromatic heterocycles. The van der Waals surface area contributed by atoms with Gasteiger partial charge < -0.3 is 35.6 Å². The number of ketones is 1. The quantitative estimate of drug-likeness (QED) is 0.205. The van der Waals surface area contributed by atoms with Crippen LogP contribution in [0.4, 0.5) is 4.79 Å². The molecule has 14 heteroatoms. The Hall–Kier alpha value is -3.71. The third-order valence-corrected chi connectivity index (χ3v) is 7.55. The zero-order chi connectivity index (χ0) is 32.3. The highest BCUT2D eigenvalue weighted by Crippen LogP contribution is 2.21. The first-order valence-electron chi connectivity index (χ1n) is 15.1. The molecule has 14 nitrogen and oxygen atoms in total. The lowest BCUT2D eigenvalue weighted by Gasteiger charge is -2.31. The van der Waals surface area contributed by atoms with E-state index >= 15 is 0 Å². The number of ether oxygens (including phenoxy) is 1. The van der Waals surface area contributed by atoms with E-state index in [1.54, 1.807) is 20.8 Å². The summed E-state index contributed by atoms with van der Waals surface area (Å²) in [6.07, 6.45) is 1.79. The van der Waals surface area contributed by atoms with Crippen molar-refractivity contribution in [2.75, 3.05) is 32.8 Å². The first-order chi connectivity index (χ1) is 20.3. The predicted molar refractivity (Wildman–Crippen MR) is 154 cm³/mol. The van der Waals surface area contributed by atoms with Gasteiger partial charge in [-0.25, -0.2) is 4.79 Å². The molecule has 2 aliphatic rings. The van der Waals surface area contributed by atoms with Gasteiger partial charge in [0, 0.05) is 19.6 Å². The number of Topliss-reactive ketones (excluding diaryl/α,β-unsaturated/α-hetero) is 1. The highest BCUT2D eigenvalue weighted by Gasteiger charge is 2.40. The van der Waals surface area contributed by atoms with E-state index in [1.165, 1.54) is 9.80 Å². The minimum absolute atomic E-state index is 0.0371. The van der Waals surface area contributed by atoms with Crippen LogP contribution in [-0.2, 0) is 33.5 Å². The lowest BCUT2D eigenvalue weighted by molar-refractivity contribution is -0.146. The minimum Gasteiger partial charge on any atom is -0.481 e. The second kappa shape index (κ2) is 16.8. The largest absolute Gasteiger partial charge is 0.481 e. The summed E-state index contributed by atoms with van der Waals surface area (Å²) in [5.74, 6) is -5.31. The zero-order valence-electron chi connectivity index (χ0n) is 25.8. The number of aliphatic carboxylic acids is 1. The van der Waals surface area contributed by atoms with Crippen LogP contribution in [0.1, 0.15) is 73.1 Å². The Labute approximate surface area is 252 Å². The van der Waals surface area contributed by atoms with Gasteiger partial charge in [0.25, 0.3) is 5.91 Å². The lowest BCUT2D eigenvalue weighted by Crippen LogP contribution is -2.57. The molecule has 2 heterocycles. The van der Waals surface area contributed by atoms with Gasteiger partial charge in [-0.05, 0) is 43.9 Å². The topological polar surface area (TPSA) is 192 Å². The maximum Gasteiger partial charge on any atom is 0.407 e. The summed E-state index contributed by atoms with van der Waals surface area (Å²) in [5, 5.41) is 16.8. The van der Waals surface area contributed by atoms with Gasteiger partial charge in [0.1, 0.15) is 12.1 Å². The summed E-state index contributed by atoms with van der Waals surface area (Å²) in [7, 11) is 0. The van der Waals surface area contributed by atoms with Crippen molar-refractivity contribution in [3.63, 3.8) is 0 Å². The number of hydrogen-bond acceptors (Lipinski definition) is 8. The van der Waals surface area contributed by atoms with Crippen LogP contribution in [0.5, 0.6) is 0 Å². The number of alkyl carbamates (subject to hydrolysis) is 1. The van der Waals surface area contributed by atoms with Gasteiger partial charge in [-0.2, -0.15) is 0 Å². The van der Waals surface area contributed by atoms with E-state index in [9.17, 15) is 38.7 Å². The number of amides is 5. The summed E-state index contributed by atoms with van der Waals surface area (Å²) in [5.41, 5.74) is 0. The standard InChI is InChI=1S/C29H47N5O9/c1-6-9-20(24(36)26(38)30-14-22(35)33-12-7-10-19(15-33)28(40)41)31-25(37)21-11-8-13-34(21)27(39)23(18(4)5)32-29(42)43-16-17(2)3/h17-21,23H,6-16H2,1-5H3,(H,30,38)(H,31,37)(H,32,42)(H,40,41). The van der Waals surface area contributed by atoms with Crippen molar-refractivity contribution < 1.29 is 43.4 Å². The Kier molecular flexibility index (Phi) is 13.9. The molecule has 0 radical (unpaired) electrons. The van der Waals surface area contributed by atoms with Crippen LogP contribution in [0.2, 0.25) is 0 Å². The van der Waals surface area contributed by atoms with Crippen molar-refractivity contribution in [3.8, 4) is 0 Å². The lowest BCUT2D eigenvalue weighted by atomic mass is 9.98. The Morgan fingerprint density at radius 3 is 2.23 bits per heavy atom. The van der Waals surface area contributed by atoms with Crippen molar-refractivity contribution in [1.29, 1.82) is 0 Å². The third kappa shape index (κ3) is 10.5. The molecule has 0 bridgehead atoms. The summed E-state index contributed by atoms with van der Waals surface area (Å²) < 4.78 is 5.16. The van der Waals surface area contributed by atoms with Crippen molar-refractivity contribution in [1.82, 2.24) is 25.8 Å². The minimum atomic E-state index is -1.17. The Morgan fingerprint density at radius 1 is 0.953 bits per heavy atom. The molecular weight excluding hydrogens is 562 g/mol. The number of nitrogens with one attached hydrogen (secondary N) is 3. The van der Waals surface area contributed by atoms with E-state index in [4.69, 9.17) is 4.74 Å². The molecule has 0 aromatic carbocycles. The third-order valence-electron chi connectivity index (χ3n) is 7.55. The summed E-state index contributed by atoms with van der Waals surface area (Å²) in [6.45, 7) is 9.51. The van der Waals surface area contributed by atoms with Crippen LogP contribution in [0, 0.1) is 17.8 Å². The molecule has 0 aliphatic carbocycles. The van der Waals surface area contributed by atoms with Crippen molar-refractivity contribution in [2.24, 2.45) is 17.8 Å². The highest BCUT2D eigenvalue weighted by atomic mass is 16.5. The fourth-order valence-electron chi connectivity index (χ4n) is 5.15. The van der Waals surface area contributed by atoms with Crippen LogP contribution in [-0.4, -0.2) is 107 Å². The Morgan fingerprint density at radius 2 is 1.63 bits per heavy atom. The van der Waals surface area contributed by atoms with Crippen LogP contribution < -0.4 is 16.0 Å². The number of rotatable bonds is 14. The molecule has 2 fully saturated rings. The Balaban J connectivity index is 2.00. The molecule has 4 atom stereocenters. The molecule has 4 unspecified atom stereocenters. The van der Waals surface area contributed by atoms with Crippen LogP contribution in [0.15, 0.2) is 0 Å². The van der Waals surface area contributed by atoms with Gasteiger partial charge >= 0.3 is 12.1 Å². The first kappa shape index (κ1) is 35.5. The first-order valence-corrected chi connectivity index (χ1v) is 15.1. The number of carbonyl (C=O) groups excluding carboxylic acids is 6. The van der Waals surface area contributed by atoms with Crippen LogP contribution >= 0.6 is 0 Å². The highest BCUT2D eigenvalue weighted by molar-refractivity contribution is 6.38. The summed E-state index contributed by atoms with van der Waals surface area (Å²) in [4.78, 5) is 91.2. The van der Waals surface area contributed by atoms with Crippen molar-refractivity contribution >= 4 is 41.5 Å². The number of carboxylic acid groups (broad SMARTS) is 1. The molecule has 0 saturated carbocycles. The zero-order valence-corrected chi connectivity index (χ0v) is 25.8. The normalized spacial score (nSPS) is 19.9. The molecule has 2 aliphatic heterocycles. The van der Waals surface area contributed by atoms with Gasteiger partial charge in [-0.1, -0.05) is 41.0 Å². The van der Waals surface area contributed by atoms with Gasteiger partial charge in [0.05, 0.1) is 25.1 Å². The maximum absolute atomic E-state index is 13.4. The molecule has 4 N–H and O–H groups in total. The van der Waals surface area contributed by atoms with E-state index in [1.807, 2.05) is 13.8 Å². The molecular formula is C29H47N5O9. The fraction of sp³-hybridized carbons (Fsp3) is 0.759. The number of carbonyl (C=O) groups is 7. The SMILES string of the molecule is CCCC(NC(=O)C1CCCN1C(=O)C(NC(=O)OCC(C)C)C(C)C)C(=O)C(=O)NCC(=O)N1CCCC(C(=O)O)C1.